The molecule has 0 saturated carbocycles. The van der Waals surface area contributed by atoms with Crippen LogP contribution in [0, 0.1) is 11.3 Å². The van der Waals surface area contributed by atoms with Crippen LogP contribution >= 0.6 is 0 Å². The average molecular weight is 235 g/mol. The Hall–Kier alpha value is -2.11. The third-order valence-corrected chi connectivity index (χ3v) is 3.54. The Balaban J connectivity index is 2.00. The Morgan fingerprint density at radius 3 is 2.50 bits per heavy atom. The summed E-state index contributed by atoms with van der Waals surface area (Å²) in [6, 6.07) is 15.9. The van der Waals surface area contributed by atoms with Crippen molar-refractivity contribution in [1.82, 2.24) is 0 Å². The van der Waals surface area contributed by atoms with E-state index < -0.39 is 0 Å². The lowest BCUT2D eigenvalue weighted by Crippen LogP contribution is -1.90. The van der Waals surface area contributed by atoms with Gasteiger partial charge < -0.3 is 5.11 Å². The van der Waals surface area contributed by atoms with Crippen LogP contribution in [0.4, 0.5) is 0 Å². The van der Waals surface area contributed by atoms with E-state index in [2.05, 4.69) is 12.1 Å². The highest BCUT2D eigenvalue weighted by molar-refractivity contribution is 5.66. The monoisotopic (exact) mass is 235 g/mol. The molecule has 0 spiro atoms. The Morgan fingerprint density at radius 2 is 1.78 bits per heavy atom. The van der Waals surface area contributed by atoms with E-state index in [0.29, 0.717) is 5.56 Å². The fraction of sp³-hybridized carbons (Fsp3) is 0.188. The first kappa shape index (κ1) is 11.0. The summed E-state index contributed by atoms with van der Waals surface area (Å²) in [5.74, 6) is 0. The molecular weight excluding hydrogens is 222 g/mol. The van der Waals surface area contributed by atoms with Crippen molar-refractivity contribution in [2.45, 2.75) is 18.9 Å². The van der Waals surface area contributed by atoms with Crippen molar-refractivity contribution in [3.63, 3.8) is 0 Å². The van der Waals surface area contributed by atoms with E-state index in [4.69, 9.17) is 5.26 Å². The molecule has 2 nitrogen and oxygen atoms in total. The number of nitrogens with zero attached hydrogens (tertiary/aromatic N) is 1. The Labute approximate surface area is 106 Å². The number of fused-ring (bicyclic) bond motifs is 1. The van der Waals surface area contributed by atoms with Gasteiger partial charge in [-0.25, -0.2) is 0 Å². The molecule has 0 aromatic heterocycles. The molecule has 0 amide bonds. The van der Waals surface area contributed by atoms with Crippen molar-refractivity contribution in [1.29, 1.82) is 5.26 Å². The number of benzene rings is 2. The molecule has 2 heteroatoms. The third kappa shape index (κ3) is 1.79. The number of hydrogen-bond acceptors (Lipinski definition) is 2. The first-order valence-corrected chi connectivity index (χ1v) is 6.09. The van der Waals surface area contributed by atoms with E-state index in [1.54, 1.807) is 0 Å². The third-order valence-electron chi connectivity index (χ3n) is 3.54. The maximum Gasteiger partial charge on any atom is 0.0991 e. The lowest BCUT2D eigenvalue weighted by atomic mass is 9.99. The molecule has 2 aromatic carbocycles. The highest BCUT2D eigenvalue weighted by Gasteiger charge is 2.20. The maximum atomic E-state index is 9.78. The molecule has 0 aliphatic heterocycles. The van der Waals surface area contributed by atoms with Crippen LogP contribution in [0.15, 0.2) is 42.5 Å². The molecule has 0 heterocycles. The first-order valence-electron chi connectivity index (χ1n) is 6.09. The molecule has 3 rings (SSSR count). The summed E-state index contributed by atoms with van der Waals surface area (Å²) >= 11 is 0. The van der Waals surface area contributed by atoms with E-state index in [-0.39, 0.29) is 6.10 Å². The standard InChI is InChI=1S/C16H13NO/c17-10-11-1-3-12(4-2-11)13-5-7-15-14(9-13)6-8-16(15)18/h1-5,7,9,16,18H,6,8H2/t16-/m0/s1. The van der Waals surface area contributed by atoms with Crippen LogP contribution in [0.5, 0.6) is 0 Å². The Kier molecular flexibility index (Phi) is 2.62. The molecule has 1 atom stereocenters. The predicted octanol–water partition coefficient (Wildman–Crippen LogP) is 3.20. The molecule has 18 heavy (non-hydrogen) atoms. The summed E-state index contributed by atoms with van der Waals surface area (Å²) < 4.78 is 0. The molecule has 0 radical (unpaired) electrons. The number of aliphatic hydroxyl groups is 1. The molecule has 1 aliphatic rings. The number of aliphatic hydroxyl groups excluding tert-OH is 1. The smallest absolute Gasteiger partial charge is 0.0991 e. The summed E-state index contributed by atoms with van der Waals surface area (Å²) in [5, 5.41) is 18.6. The Morgan fingerprint density at radius 1 is 1.06 bits per heavy atom. The Bertz CT molecular complexity index is 623. The van der Waals surface area contributed by atoms with Crippen LogP contribution in [-0.2, 0) is 6.42 Å². The van der Waals surface area contributed by atoms with Gasteiger partial charge in [-0.05, 0) is 47.2 Å². The van der Waals surface area contributed by atoms with Gasteiger partial charge in [0.25, 0.3) is 0 Å². The topological polar surface area (TPSA) is 44.0 Å². The molecule has 0 unspecified atom stereocenters. The average Bonchev–Trinajstić information content (AvgIpc) is 2.80. The number of nitriles is 1. The minimum Gasteiger partial charge on any atom is -0.388 e. The van der Waals surface area contributed by atoms with Gasteiger partial charge in [-0.2, -0.15) is 5.26 Å². The van der Waals surface area contributed by atoms with E-state index >= 15 is 0 Å². The van der Waals surface area contributed by atoms with Crippen LogP contribution in [0.25, 0.3) is 11.1 Å². The van der Waals surface area contributed by atoms with Gasteiger partial charge in [-0.3, -0.25) is 0 Å². The summed E-state index contributed by atoms with van der Waals surface area (Å²) in [5.41, 5.74) is 5.23. The fourth-order valence-corrected chi connectivity index (χ4v) is 2.51. The van der Waals surface area contributed by atoms with Crippen molar-refractivity contribution in [2.75, 3.05) is 0 Å². The second kappa shape index (κ2) is 4.29. The van der Waals surface area contributed by atoms with Crippen molar-refractivity contribution in [3.05, 3.63) is 59.2 Å². The minimum atomic E-state index is -0.296. The minimum absolute atomic E-state index is 0.296. The van der Waals surface area contributed by atoms with Crippen molar-refractivity contribution < 1.29 is 5.11 Å². The van der Waals surface area contributed by atoms with Crippen LogP contribution in [0.3, 0.4) is 0 Å². The van der Waals surface area contributed by atoms with E-state index in [0.717, 1.165) is 29.5 Å². The molecular formula is C16H13NO. The van der Waals surface area contributed by atoms with Crippen LogP contribution in [-0.4, -0.2) is 5.11 Å². The van der Waals surface area contributed by atoms with Gasteiger partial charge in [-0.15, -0.1) is 0 Å². The highest BCUT2D eigenvalue weighted by Crippen LogP contribution is 2.33. The molecule has 0 saturated heterocycles. The normalized spacial score (nSPS) is 17.2. The van der Waals surface area contributed by atoms with Gasteiger partial charge in [0.2, 0.25) is 0 Å². The number of hydrogen-bond donors (Lipinski definition) is 1. The maximum absolute atomic E-state index is 9.78. The van der Waals surface area contributed by atoms with Gasteiger partial charge in [0.1, 0.15) is 0 Å². The molecule has 1 N–H and O–H groups in total. The summed E-state index contributed by atoms with van der Waals surface area (Å²) in [7, 11) is 0. The molecule has 2 aromatic rings. The van der Waals surface area contributed by atoms with Crippen LogP contribution < -0.4 is 0 Å². The highest BCUT2D eigenvalue weighted by atomic mass is 16.3. The fourth-order valence-electron chi connectivity index (χ4n) is 2.51. The predicted molar refractivity (Wildman–Crippen MR) is 69.9 cm³/mol. The van der Waals surface area contributed by atoms with Crippen molar-refractivity contribution >= 4 is 0 Å². The molecule has 0 bridgehead atoms. The number of aryl methyl sites for hydroxylation is 1. The zero-order valence-corrected chi connectivity index (χ0v) is 9.93. The van der Waals surface area contributed by atoms with Crippen LogP contribution in [0.1, 0.15) is 29.2 Å². The first-order chi connectivity index (χ1) is 8.78. The van der Waals surface area contributed by atoms with E-state index in [9.17, 15) is 5.11 Å². The second-order valence-corrected chi connectivity index (χ2v) is 4.66. The van der Waals surface area contributed by atoms with Gasteiger partial charge in [0.15, 0.2) is 0 Å². The van der Waals surface area contributed by atoms with Gasteiger partial charge in [0, 0.05) is 0 Å². The van der Waals surface area contributed by atoms with Gasteiger partial charge >= 0.3 is 0 Å². The van der Waals surface area contributed by atoms with Gasteiger partial charge in [0.05, 0.1) is 17.7 Å². The molecule has 1 aliphatic carbocycles. The summed E-state index contributed by atoms with van der Waals surface area (Å²) in [6.07, 6.45) is 1.47. The van der Waals surface area contributed by atoms with Gasteiger partial charge in [-0.1, -0.05) is 30.3 Å². The zero-order chi connectivity index (χ0) is 12.5. The van der Waals surface area contributed by atoms with E-state index in [1.807, 2.05) is 36.4 Å². The summed E-state index contributed by atoms with van der Waals surface area (Å²) in [6.45, 7) is 0. The van der Waals surface area contributed by atoms with E-state index in [1.165, 1.54) is 5.56 Å². The lowest BCUT2D eigenvalue weighted by molar-refractivity contribution is 0.180. The van der Waals surface area contributed by atoms with Crippen LogP contribution in [0.2, 0.25) is 0 Å². The second-order valence-electron chi connectivity index (χ2n) is 4.66. The summed E-state index contributed by atoms with van der Waals surface area (Å²) in [4.78, 5) is 0. The zero-order valence-electron chi connectivity index (χ0n) is 9.93. The lowest BCUT2D eigenvalue weighted by Gasteiger charge is -2.07. The SMILES string of the molecule is N#Cc1ccc(-c2ccc3c(c2)CC[C@@H]3O)cc1. The van der Waals surface area contributed by atoms with Crippen molar-refractivity contribution in [3.8, 4) is 17.2 Å². The largest absolute Gasteiger partial charge is 0.388 e. The number of rotatable bonds is 1. The van der Waals surface area contributed by atoms with Crippen molar-refractivity contribution in [2.24, 2.45) is 0 Å². The molecule has 0 fully saturated rings. The quantitative estimate of drug-likeness (QED) is 0.824. The molecule has 88 valence electrons.